The highest BCUT2D eigenvalue weighted by atomic mass is 16.6. The number of carbonyl (C=O) groups excluding carboxylic acids is 1. The van der Waals surface area contributed by atoms with Crippen molar-refractivity contribution < 1.29 is 23.7 Å². The molecule has 0 spiro atoms. The summed E-state index contributed by atoms with van der Waals surface area (Å²) < 4.78 is 26.6. The Morgan fingerprint density at radius 2 is 1.37 bits per heavy atom. The highest BCUT2D eigenvalue weighted by Gasteiger charge is 2.31. The first-order valence-electron chi connectivity index (χ1n) is 17.6. The molecule has 1 aromatic heterocycles. The van der Waals surface area contributed by atoms with Crippen molar-refractivity contribution in [3.8, 4) is 39.8 Å². The van der Waals surface area contributed by atoms with Crippen molar-refractivity contribution in [1.29, 1.82) is 0 Å². The van der Waals surface area contributed by atoms with Gasteiger partial charge < -0.3 is 23.8 Å². The Bertz CT molecular complexity index is 1910. The van der Waals surface area contributed by atoms with Crippen LogP contribution in [0, 0.1) is 0 Å². The van der Waals surface area contributed by atoms with Crippen LogP contribution in [-0.4, -0.2) is 57.0 Å². The van der Waals surface area contributed by atoms with Gasteiger partial charge in [0.25, 0.3) is 0 Å². The first-order chi connectivity index (χ1) is 24.6. The van der Waals surface area contributed by atoms with Gasteiger partial charge in [-0.2, -0.15) is 0 Å². The number of hydrogen-bond donors (Lipinski definition) is 0. The molecule has 1 saturated heterocycles. The zero-order valence-electron chi connectivity index (χ0n) is 30.3. The Balaban J connectivity index is 1.43. The lowest BCUT2D eigenvalue weighted by Crippen LogP contribution is -2.42. The van der Waals surface area contributed by atoms with E-state index >= 15 is 0 Å². The molecule has 1 aliphatic rings. The maximum atomic E-state index is 12.8. The second-order valence-corrected chi connectivity index (χ2v) is 14.2. The van der Waals surface area contributed by atoms with E-state index < -0.39 is 5.60 Å². The number of ether oxygens (including phenoxy) is 4. The molecule has 10 heteroatoms. The lowest BCUT2D eigenvalue weighted by atomic mass is 9.94. The van der Waals surface area contributed by atoms with Gasteiger partial charge in [0.2, 0.25) is 0 Å². The number of aromatic nitrogens is 4. The Morgan fingerprint density at radius 1 is 0.784 bits per heavy atom. The Morgan fingerprint density at radius 3 is 1.94 bits per heavy atom. The summed E-state index contributed by atoms with van der Waals surface area (Å²) in [7, 11) is 1.68. The molecule has 266 valence electrons. The molecule has 0 bridgehead atoms. The van der Waals surface area contributed by atoms with Crippen molar-refractivity contribution in [1.82, 2.24) is 25.1 Å². The Labute approximate surface area is 300 Å². The monoisotopic (exact) mass is 689 g/mol. The van der Waals surface area contributed by atoms with E-state index in [9.17, 15) is 4.79 Å². The fourth-order valence-corrected chi connectivity index (χ4v) is 6.19. The van der Waals surface area contributed by atoms with Crippen molar-refractivity contribution in [3.63, 3.8) is 0 Å². The zero-order valence-corrected chi connectivity index (χ0v) is 30.3. The van der Waals surface area contributed by atoms with E-state index in [4.69, 9.17) is 18.9 Å². The smallest absolute Gasteiger partial charge is 0.410 e. The summed E-state index contributed by atoms with van der Waals surface area (Å²) in [5, 5.41) is 13.2. The number of carbonyl (C=O) groups is 1. The third kappa shape index (κ3) is 8.68. The van der Waals surface area contributed by atoms with Crippen LogP contribution in [-0.2, 0) is 18.0 Å². The molecule has 0 atom stereocenters. The van der Waals surface area contributed by atoms with Crippen molar-refractivity contribution in [2.24, 2.45) is 0 Å². The normalized spacial score (nSPS) is 13.7. The van der Waals surface area contributed by atoms with Crippen LogP contribution in [0.5, 0.6) is 17.2 Å². The number of nitrogens with zero attached hydrogens (tertiary/aromatic N) is 5. The summed E-state index contributed by atoms with van der Waals surface area (Å²) in [5.74, 6) is 2.84. The van der Waals surface area contributed by atoms with E-state index in [1.807, 2.05) is 98.2 Å². The molecule has 0 unspecified atom stereocenters. The van der Waals surface area contributed by atoms with Crippen LogP contribution >= 0.6 is 0 Å². The number of benzene rings is 4. The molecule has 51 heavy (non-hydrogen) atoms. The summed E-state index contributed by atoms with van der Waals surface area (Å²) >= 11 is 0. The van der Waals surface area contributed by atoms with Gasteiger partial charge >= 0.3 is 6.09 Å². The average Bonchev–Trinajstić information content (AvgIpc) is 3.63. The van der Waals surface area contributed by atoms with E-state index in [1.54, 1.807) is 12.0 Å². The van der Waals surface area contributed by atoms with Crippen LogP contribution in [0.4, 0.5) is 4.79 Å². The van der Waals surface area contributed by atoms with Gasteiger partial charge in [-0.1, -0.05) is 80.6 Å². The number of piperidine rings is 1. The molecule has 2 heterocycles. The predicted octanol–water partition coefficient (Wildman–Crippen LogP) is 8.87. The summed E-state index contributed by atoms with van der Waals surface area (Å²) in [4.78, 5) is 14.6. The molecule has 6 rings (SSSR count). The van der Waals surface area contributed by atoms with Gasteiger partial charge in [-0.3, -0.25) is 0 Å². The maximum Gasteiger partial charge on any atom is 0.410 e. The first kappa shape index (κ1) is 35.4. The number of rotatable bonds is 11. The average molecular weight is 690 g/mol. The SMILES string of the molecule is COc1ccc(C(C)C)cc1-c1cc(-c2nnnn2C2CCN(C(=O)OC(C)(C)C)CC2)c(OCc2ccccc2)cc1OCc1ccccc1. The van der Waals surface area contributed by atoms with Crippen LogP contribution in [0.25, 0.3) is 22.5 Å². The maximum absolute atomic E-state index is 12.8. The quantitative estimate of drug-likeness (QED) is 0.136. The summed E-state index contributed by atoms with van der Waals surface area (Å²) in [6.45, 7) is 11.8. The molecule has 1 aliphatic heterocycles. The molecule has 1 fully saturated rings. The fraction of sp³-hybridized carbons (Fsp3) is 0.366. The molecule has 0 radical (unpaired) electrons. The first-order valence-corrected chi connectivity index (χ1v) is 17.6. The van der Waals surface area contributed by atoms with Crippen molar-refractivity contribution in [2.45, 2.75) is 78.2 Å². The Hall–Kier alpha value is -5.38. The van der Waals surface area contributed by atoms with Gasteiger partial charge in [0.15, 0.2) is 5.82 Å². The predicted molar refractivity (Wildman–Crippen MR) is 197 cm³/mol. The zero-order chi connectivity index (χ0) is 36.0. The molecular formula is C41H47N5O5. The van der Waals surface area contributed by atoms with E-state index in [0.717, 1.165) is 33.6 Å². The van der Waals surface area contributed by atoms with Crippen LogP contribution < -0.4 is 14.2 Å². The van der Waals surface area contributed by atoms with Crippen molar-refractivity contribution in [3.05, 3.63) is 108 Å². The lowest BCUT2D eigenvalue weighted by Gasteiger charge is -2.33. The number of likely N-dealkylation sites (tertiary alicyclic amines) is 1. The highest BCUT2D eigenvalue weighted by Crippen LogP contribution is 2.45. The second kappa shape index (κ2) is 15.7. The number of tetrazole rings is 1. The molecule has 0 aliphatic carbocycles. The van der Waals surface area contributed by atoms with Crippen molar-refractivity contribution >= 4 is 6.09 Å². The molecule has 0 N–H and O–H groups in total. The second-order valence-electron chi connectivity index (χ2n) is 14.2. The third-order valence-electron chi connectivity index (χ3n) is 8.93. The summed E-state index contributed by atoms with van der Waals surface area (Å²) in [6.07, 6.45) is 1.04. The molecule has 4 aromatic carbocycles. The van der Waals surface area contributed by atoms with Gasteiger partial charge in [-0.05, 0) is 84.8 Å². The minimum atomic E-state index is -0.556. The van der Waals surface area contributed by atoms with Gasteiger partial charge in [0.1, 0.15) is 36.1 Å². The van der Waals surface area contributed by atoms with E-state index in [1.165, 1.54) is 5.56 Å². The summed E-state index contributed by atoms with van der Waals surface area (Å²) in [6, 6.07) is 30.4. The topological polar surface area (TPSA) is 101 Å². The number of hydrogen-bond acceptors (Lipinski definition) is 8. The molecule has 10 nitrogen and oxygen atoms in total. The molecule has 1 amide bonds. The van der Waals surface area contributed by atoms with Crippen LogP contribution in [0.15, 0.2) is 91.0 Å². The summed E-state index contributed by atoms with van der Waals surface area (Å²) in [5.41, 5.74) is 5.15. The fourth-order valence-electron chi connectivity index (χ4n) is 6.19. The van der Waals surface area contributed by atoms with Gasteiger partial charge in [0.05, 0.1) is 18.7 Å². The van der Waals surface area contributed by atoms with Crippen LogP contribution in [0.3, 0.4) is 0 Å². The van der Waals surface area contributed by atoms with Gasteiger partial charge in [-0.15, -0.1) is 5.10 Å². The van der Waals surface area contributed by atoms with Gasteiger partial charge in [-0.25, -0.2) is 9.48 Å². The van der Waals surface area contributed by atoms with E-state index in [0.29, 0.717) is 62.4 Å². The van der Waals surface area contributed by atoms with E-state index in [2.05, 4.69) is 47.6 Å². The standard InChI is InChI=1S/C41H47N5O5/c1-28(2)31-17-18-36(48-6)33(23-31)34-24-35(39-42-43-44-46(39)32-19-21-45(22-20-32)40(47)51-41(3,4)5)38(50-27-30-15-11-8-12-16-30)25-37(34)49-26-29-13-9-7-10-14-29/h7-18,23-25,28,32H,19-22,26-27H2,1-6H3. The van der Waals surface area contributed by atoms with Crippen LogP contribution in [0.1, 0.15) is 76.1 Å². The molecule has 0 saturated carbocycles. The molecule has 5 aromatic rings. The Kier molecular flexibility index (Phi) is 10.9. The van der Waals surface area contributed by atoms with Gasteiger partial charge in [0, 0.05) is 30.3 Å². The largest absolute Gasteiger partial charge is 0.496 e. The highest BCUT2D eigenvalue weighted by molar-refractivity contribution is 5.83. The minimum absolute atomic E-state index is 0.0353. The van der Waals surface area contributed by atoms with Crippen molar-refractivity contribution in [2.75, 3.05) is 20.2 Å². The number of methoxy groups -OCH3 is 1. The van der Waals surface area contributed by atoms with E-state index in [-0.39, 0.29) is 12.1 Å². The third-order valence-corrected chi connectivity index (χ3v) is 8.93. The van der Waals surface area contributed by atoms with Crippen LogP contribution in [0.2, 0.25) is 0 Å². The lowest BCUT2D eigenvalue weighted by molar-refractivity contribution is 0.0185. The molecular weight excluding hydrogens is 642 g/mol. The number of amides is 1. The minimum Gasteiger partial charge on any atom is -0.496 e.